The third kappa shape index (κ3) is 3.53. The SMILES string of the molecule is CN(C(=O)C=Cc1ccccc1[N+](=O)[O-])[C@H]1CC[C@H]2[C@H]3Cc4c(ccc(O)c4O)[C@@]2(CCN3)C1. The van der Waals surface area contributed by atoms with Crippen molar-refractivity contribution in [2.24, 2.45) is 5.92 Å². The van der Waals surface area contributed by atoms with Crippen molar-refractivity contribution in [3.63, 3.8) is 0 Å². The molecule has 34 heavy (non-hydrogen) atoms. The fraction of sp³-hybridized carbons (Fsp3) is 0.423. The fourth-order valence-electron chi connectivity index (χ4n) is 6.58. The van der Waals surface area contributed by atoms with Crippen LogP contribution >= 0.6 is 0 Å². The minimum atomic E-state index is -0.449. The van der Waals surface area contributed by atoms with Crippen LogP contribution in [0.1, 0.15) is 42.4 Å². The number of hydrogen-bond acceptors (Lipinski definition) is 6. The average molecular weight is 464 g/mol. The second-order valence-corrected chi connectivity index (χ2v) is 9.77. The van der Waals surface area contributed by atoms with E-state index in [1.807, 2.05) is 6.07 Å². The Morgan fingerprint density at radius 1 is 1.24 bits per heavy atom. The lowest BCUT2D eigenvalue weighted by Crippen LogP contribution is -2.62. The molecule has 3 aliphatic rings. The van der Waals surface area contributed by atoms with E-state index in [-0.39, 0.29) is 40.6 Å². The van der Waals surface area contributed by atoms with E-state index in [0.717, 1.165) is 43.4 Å². The van der Waals surface area contributed by atoms with E-state index in [9.17, 15) is 25.1 Å². The Hall–Kier alpha value is -3.39. The van der Waals surface area contributed by atoms with Gasteiger partial charge in [-0.1, -0.05) is 18.2 Å². The van der Waals surface area contributed by atoms with Gasteiger partial charge in [-0.15, -0.1) is 0 Å². The van der Waals surface area contributed by atoms with E-state index < -0.39 is 4.92 Å². The summed E-state index contributed by atoms with van der Waals surface area (Å²) in [6.07, 6.45) is 7.17. The van der Waals surface area contributed by atoms with Gasteiger partial charge >= 0.3 is 0 Å². The molecule has 1 saturated heterocycles. The molecule has 1 heterocycles. The largest absolute Gasteiger partial charge is 0.504 e. The van der Waals surface area contributed by atoms with Crippen molar-refractivity contribution in [2.45, 2.75) is 49.6 Å². The molecule has 2 aromatic rings. The summed E-state index contributed by atoms with van der Waals surface area (Å²) in [5.41, 5.74) is 2.13. The number of nitro groups is 1. The highest BCUT2D eigenvalue weighted by Crippen LogP contribution is 2.56. The third-order valence-corrected chi connectivity index (χ3v) is 8.24. The number of para-hydroxylation sites is 1. The molecule has 8 heteroatoms. The van der Waals surface area contributed by atoms with Crippen LogP contribution in [0.2, 0.25) is 0 Å². The van der Waals surface area contributed by atoms with E-state index >= 15 is 0 Å². The van der Waals surface area contributed by atoms with Crippen molar-refractivity contribution >= 4 is 17.7 Å². The molecule has 2 aromatic carbocycles. The smallest absolute Gasteiger partial charge is 0.276 e. The van der Waals surface area contributed by atoms with Crippen LogP contribution in [0.5, 0.6) is 11.5 Å². The van der Waals surface area contributed by atoms with Gasteiger partial charge in [0.25, 0.3) is 5.69 Å². The summed E-state index contributed by atoms with van der Waals surface area (Å²) < 4.78 is 0. The number of phenolic OH excluding ortho intramolecular Hbond substituents is 2. The number of carbonyl (C=O) groups is 1. The molecule has 3 N–H and O–H groups in total. The average Bonchev–Trinajstić information content (AvgIpc) is 2.84. The van der Waals surface area contributed by atoms with Gasteiger partial charge in [-0.05, 0) is 68.3 Å². The number of piperidine rings is 1. The highest BCUT2D eigenvalue weighted by molar-refractivity contribution is 5.92. The lowest BCUT2D eigenvalue weighted by molar-refractivity contribution is -0.385. The summed E-state index contributed by atoms with van der Waals surface area (Å²) in [5, 5.41) is 35.5. The monoisotopic (exact) mass is 463 g/mol. The summed E-state index contributed by atoms with van der Waals surface area (Å²) in [7, 11) is 1.80. The predicted molar refractivity (Wildman–Crippen MR) is 128 cm³/mol. The molecule has 1 aliphatic heterocycles. The first kappa shape index (κ1) is 22.4. The molecule has 2 fully saturated rings. The zero-order chi connectivity index (χ0) is 24.0. The van der Waals surface area contributed by atoms with Crippen LogP contribution in [-0.4, -0.2) is 51.6 Å². The molecular formula is C26H29N3O5. The normalized spacial score (nSPS) is 27.6. The zero-order valence-electron chi connectivity index (χ0n) is 19.1. The number of hydrogen-bond donors (Lipinski definition) is 3. The lowest BCUT2D eigenvalue weighted by atomic mass is 9.51. The first-order chi connectivity index (χ1) is 16.3. The minimum absolute atomic E-state index is 0.0137. The van der Waals surface area contributed by atoms with Gasteiger partial charge in [0.15, 0.2) is 11.5 Å². The second kappa shape index (κ2) is 8.43. The van der Waals surface area contributed by atoms with Crippen molar-refractivity contribution in [3.05, 3.63) is 69.3 Å². The van der Waals surface area contributed by atoms with Gasteiger partial charge in [-0.25, -0.2) is 0 Å². The van der Waals surface area contributed by atoms with Crippen LogP contribution in [0.3, 0.4) is 0 Å². The molecule has 0 unspecified atom stereocenters. The van der Waals surface area contributed by atoms with E-state index in [1.54, 1.807) is 36.2 Å². The molecule has 1 saturated carbocycles. The van der Waals surface area contributed by atoms with Crippen LogP contribution in [0.15, 0.2) is 42.5 Å². The van der Waals surface area contributed by atoms with Crippen LogP contribution in [0.25, 0.3) is 6.08 Å². The Bertz CT molecular complexity index is 1180. The third-order valence-electron chi connectivity index (χ3n) is 8.24. The highest BCUT2D eigenvalue weighted by Gasteiger charge is 2.54. The Kier molecular flexibility index (Phi) is 5.56. The summed E-state index contributed by atoms with van der Waals surface area (Å²) in [4.78, 5) is 25.6. The van der Waals surface area contributed by atoms with Crippen molar-refractivity contribution in [2.75, 3.05) is 13.6 Å². The quantitative estimate of drug-likeness (QED) is 0.277. The van der Waals surface area contributed by atoms with Crippen LogP contribution in [0, 0.1) is 16.0 Å². The molecule has 4 atom stereocenters. The van der Waals surface area contributed by atoms with Crippen LogP contribution in [-0.2, 0) is 16.6 Å². The number of nitrogens with zero attached hydrogens (tertiary/aromatic N) is 2. The Balaban J connectivity index is 1.41. The number of amides is 1. The number of nitrogens with one attached hydrogen (secondary N) is 1. The number of aromatic hydroxyl groups is 2. The molecule has 1 amide bonds. The van der Waals surface area contributed by atoms with Gasteiger partial charge in [-0.2, -0.15) is 0 Å². The van der Waals surface area contributed by atoms with Crippen molar-refractivity contribution in [1.82, 2.24) is 10.2 Å². The standard InChI is InChI=1S/C26H29N3O5/c1-28(24(31)11-6-16-4-2-3-5-22(16)29(33)34)17-7-8-20-21-14-18-19(9-10-23(30)25(18)32)26(20,15-17)12-13-27-21/h2-6,9-11,17,20-21,27,30,32H,7-8,12-15H2,1H3/t17-,20-,21+,26+/m0/s1. The number of phenols is 2. The molecule has 2 bridgehead atoms. The number of nitro benzene ring substituents is 1. The maximum atomic E-state index is 13.1. The lowest BCUT2D eigenvalue weighted by Gasteiger charge is -2.58. The zero-order valence-corrected chi connectivity index (χ0v) is 19.1. The molecule has 0 radical (unpaired) electrons. The first-order valence-corrected chi connectivity index (χ1v) is 11.8. The van der Waals surface area contributed by atoms with Gasteiger partial charge in [0.1, 0.15) is 0 Å². The number of benzene rings is 2. The molecule has 0 spiro atoms. The van der Waals surface area contributed by atoms with Crippen molar-refractivity contribution < 1.29 is 19.9 Å². The summed E-state index contributed by atoms with van der Waals surface area (Å²) >= 11 is 0. The van der Waals surface area contributed by atoms with Gasteiger partial charge in [-0.3, -0.25) is 14.9 Å². The van der Waals surface area contributed by atoms with E-state index in [1.165, 1.54) is 18.2 Å². The molecular weight excluding hydrogens is 434 g/mol. The summed E-state index contributed by atoms with van der Waals surface area (Å²) in [6.45, 7) is 0.879. The minimum Gasteiger partial charge on any atom is -0.504 e. The number of carbonyl (C=O) groups excluding carboxylic acids is 1. The number of likely N-dealkylation sites (N-methyl/N-ethyl adjacent to an activating group) is 1. The van der Waals surface area contributed by atoms with Gasteiger partial charge in [0, 0.05) is 42.3 Å². The number of rotatable bonds is 4. The topological polar surface area (TPSA) is 116 Å². The molecule has 8 nitrogen and oxygen atoms in total. The fourth-order valence-corrected chi connectivity index (χ4v) is 6.58. The molecule has 2 aliphatic carbocycles. The summed E-state index contributed by atoms with van der Waals surface area (Å²) in [5.74, 6) is 0.113. The Morgan fingerprint density at radius 2 is 2.03 bits per heavy atom. The molecule has 0 aromatic heterocycles. The van der Waals surface area contributed by atoms with Crippen molar-refractivity contribution in [3.8, 4) is 11.5 Å². The number of fused-ring (bicyclic) bond motifs is 1. The van der Waals surface area contributed by atoms with Gasteiger partial charge in [0.2, 0.25) is 5.91 Å². The maximum absolute atomic E-state index is 13.1. The molecule has 178 valence electrons. The van der Waals surface area contributed by atoms with E-state index in [4.69, 9.17) is 0 Å². The Labute approximate surface area is 198 Å². The van der Waals surface area contributed by atoms with Crippen molar-refractivity contribution in [1.29, 1.82) is 0 Å². The van der Waals surface area contributed by atoms with E-state index in [2.05, 4.69) is 5.32 Å². The summed E-state index contributed by atoms with van der Waals surface area (Å²) in [6, 6.07) is 10.2. The van der Waals surface area contributed by atoms with Crippen LogP contribution in [0.4, 0.5) is 5.69 Å². The molecule has 5 rings (SSSR count). The van der Waals surface area contributed by atoms with Crippen LogP contribution < -0.4 is 5.32 Å². The highest BCUT2D eigenvalue weighted by atomic mass is 16.6. The second-order valence-electron chi connectivity index (χ2n) is 9.77. The van der Waals surface area contributed by atoms with Gasteiger partial charge < -0.3 is 20.4 Å². The van der Waals surface area contributed by atoms with E-state index in [0.29, 0.717) is 17.9 Å². The van der Waals surface area contributed by atoms with Gasteiger partial charge in [0.05, 0.1) is 10.5 Å². The Morgan fingerprint density at radius 3 is 2.82 bits per heavy atom. The maximum Gasteiger partial charge on any atom is 0.276 e. The first-order valence-electron chi connectivity index (χ1n) is 11.8. The predicted octanol–water partition coefficient (Wildman–Crippen LogP) is 3.50.